The minimum Gasteiger partial charge on any atom is -0.315 e. The van der Waals surface area contributed by atoms with Crippen molar-refractivity contribution in [3.63, 3.8) is 0 Å². The number of fused-ring (bicyclic) bond motifs is 1. The van der Waals surface area contributed by atoms with Gasteiger partial charge in [0.2, 0.25) is 0 Å². The Balaban J connectivity index is 1.70. The van der Waals surface area contributed by atoms with E-state index >= 15 is 0 Å². The molecule has 4 rings (SSSR count). The molecule has 0 spiro atoms. The van der Waals surface area contributed by atoms with E-state index < -0.39 is 9.84 Å². The van der Waals surface area contributed by atoms with Gasteiger partial charge in [0.1, 0.15) is 0 Å². The lowest BCUT2D eigenvalue weighted by atomic mass is 10.1. The average Bonchev–Trinajstić information content (AvgIpc) is 3.10. The molecule has 2 aromatic carbocycles. The Morgan fingerprint density at radius 1 is 1.21 bits per heavy atom. The molecule has 0 aliphatic carbocycles. The average molecular weight is 469 g/mol. The Morgan fingerprint density at radius 2 is 1.97 bits per heavy atom. The van der Waals surface area contributed by atoms with Gasteiger partial charge in [-0.25, -0.2) is 8.42 Å². The van der Waals surface area contributed by atoms with Crippen LogP contribution in [-0.4, -0.2) is 42.3 Å². The van der Waals surface area contributed by atoms with Gasteiger partial charge in [0.25, 0.3) is 5.91 Å². The predicted molar refractivity (Wildman–Crippen MR) is 120 cm³/mol. The third kappa shape index (κ3) is 4.33. The maximum atomic E-state index is 12.7. The third-order valence-corrected chi connectivity index (χ3v) is 8.83. The molecular formula is C20H18Cl2N2O3S2. The highest BCUT2D eigenvalue weighted by atomic mass is 35.5. The Kier molecular flexibility index (Phi) is 5.68. The molecule has 2 heterocycles. The van der Waals surface area contributed by atoms with E-state index in [0.29, 0.717) is 20.8 Å². The number of benzene rings is 2. The zero-order chi connectivity index (χ0) is 20.8. The summed E-state index contributed by atoms with van der Waals surface area (Å²) in [7, 11) is -3.13. The first-order chi connectivity index (χ1) is 13.7. The lowest BCUT2D eigenvalue weighted by Crippen LogP contribution is -2.38. The van der Waals surface area contributed by atoms with Crippen molar-refractivity contribution in [3.8, 4) is 0 Å². The van der Waals surface area contributed by atoms with Crippen LogP contribution in [0.4, 0.5) is 5.69 Å². The zero-order valence-corrected chi connectivity index (χ0v) is 18.7. The highest BCUT2D eigenvalue weighted by molar-refractivity contribution is 8.16. The molecule has 2 aliphatic heterocycles. The molecule has 2 atom stereocenters. The van der Waals surface area contributed by atoms with Gasteiger partial charge in [-0.05, 0) is 36.2 Å². The highest BCUT2D eigenvalue weighted by Crippen LogP contribution is 2.42. The molecule has 2 aliphatic rings. The third-order valence-electron chi connectivity index (χ3n) is 5.02. The Morgan fingerprint density at radius 3 is 2.72 bits per heavy atom. The lowest BCUT2D eigenvalue weighted by Gasteiger charge is -2.26. The molecule has 0 saturated carbocycles. The monoisotopic (exact) mass is 468 g/mol. The van der Waals surface area contributed by atoms with Crippen LogP contribution in [0.3, 0.4) is 0 Å². The van der Waals surface area contributed by atoms with Crippen LogP contribution < -0.4 is 4.90 Å². The number of rotatable bonds is 3. The van der Waals surface area contributed by atoms with Gasteiger partial charge in [-0.2, -0.15) is 4.99 Å². The Labute approximate surface area is 184 Å². The molecule has 2 aromatic rings. The zero-order valence-electron chi connectivity index (χ0n) is 15.5. The molecule has 0 unspecified atom stereocenters. The summed E-state index contributed by atoms with van der Waals surface area (Å²) >= 11 is 13.7. The smallest absolute Gasteiger partial charge is 0.252 e. The van der Waals surface area contributed by atoms with E-state index in [-0.39, 0.29) is 35.1 Å². The fourth-order valence-corrected chi connectivity index (χ4v) is 7.93. The number of hydrogen-bond acceptors (Lipinski definition) is 4. The molecule has 0 aromatic heterocycles. The van der Waals surface area contributed by atoms with E-state index in [9.17, 15) is 13.2 Å². The van der Waals surface area contributed by atoms with E-state index in [2.05, 4.69) is 4.99 Å². The molecule has 5 nitrogen and oxygen atoms in total. The van der Waals surface area contributed by atoms with E-state index in [1.54, 1.807) is 30.3 Å². The number of carbonyl (C=O) groups excluding carboxylic acids is 1. The molecule has 29 heavy (non-hydrogen) atoms. The van der Waals surface area contributed by atoms with Crippen LogP contribution in [0.5, 0.6) is 0 Å². The Bertz CT molecular complexity index is 1120. The second-order valence-corrected chi connectivity index (χ2v) is 11.4. The van der Waals surface area contributed by atoms with Gasteiger partial charge in [-0.15, -0.1) is 0 Å². The van der Waals surface area contributed by atoms with Gasteiger partial charge in [0.15, 0.2) is 15.0 Å². The summed E-state index contributed by atoms with van der Waals surface area (Å²) in [6, 6.07) is 12.3. The van der Waals surface area contributed by atoms with Crippen LogP contribution in [0.25, 0.3) is 0 Å². The van der Waals surface area contributed by atoms with Crippen molar-refractivity contribution in [2.24, 2.45) is 4.99 Å². The lowest BCUT2D eigenvalue weighted by molar-refractivity contribution is -0.117. The fourth-order valence-electron chi connectivity index (χ4n) is 3.64. The van der Waals surface area contributed by atoms with E-state index in [0.717, 1.165) is 11.3 Å². The van der Waals surface area contributed by atoms with Crippen LogP contribution in [0, 0.1) is 6.92 Å². The van der Waals surface area contributed by atoms with Gasteiger partial charge < -0.3 is 4.90 Å². The first kappa shape index (κ1) is 20.7. The minimum absolute atomic E-state index is 0.0361. The summed E-state index contributed by atoms with van der Waals surface area (Å²) in [6.07, 6.45) is 0.0831. The van der Waals surface area contributed by atoms with Crippen LogP contribution >= 0.6 is 35.0 Å². The van der Waals surface area contributed by atoms with Crippen molar-refractivity contribution in [2.75, 3.05) is 16.4 Å². The molecule has 1 amide bonds. The maximum Gasteiger partial charge on any atom is 0.252 e. The number of sulfone groups is 1. The van der Waals surface area contributed by atoms with Gasteiger partial charge in [0.05, 0.1) is 24.0 Å². The number of anilines is 1. The van der Waals surface area contributed by atoms with Crippen molar-refractivity contribution >= 4 is 61.6 Å². The van der Waals surface area contributed by atoms with Gasteiger partial charge in [-0.3, -0.25) is 4.79 Å². The first-order valence-corrected chi connectivity index (χ1v) is 12.5. The van der Waals surface area contributed by atoms with E-state index in [1.165, 1.54) is 11.8 Å². The van der Waals surface area contributed by atoms with Crippen molar-refractivity contribution in [1.82, 2.24) is 0 Å². The predicted octanol–water partition coefficient (Wildman–Crippen LogP) is 4.15. The second kappa shape index (κ2) is 7.95. The van der Waals surface area contributed by atoms with Crippen molar-refractivity contribution in [1.29, 1.82) is 0 Å². The number of halogens is 2. The summed E-state index contributed by atoms with van der Waals surface area (Å²) in [5.41, 5.74) is 2.42. The van der Waals surface area contributed by atoms with Gasteiger partial charge in [-0.1, -0.05) is 59.2 Å². The molecular weight excluding hydrogens is 451 g/mol. The van der Waals surface area contributed by atoms with Crippen molar-refractivity contribution < 1.29 is 13.2 Å². The standard InChI is InChI=1S/C20H18Cl2N2O3S2/c1-12-6-7-14(21)9-16(12)24-17-10-29(26,27)11-18(17)28-20(24)23-19(25)8-13-4-2-3-5-15(13)22/h2-7,9,17-18H,8,10-11H2,1H3/t17-,18+/m0/s1. The van der Waals surface area contributed by atoms with Crippen LogP contribution in [0.15, 0.2) is 47.5 Å². The number of hydrogen-bond donors (Lipinski definition) is 0. The summed E-state index contributed by atoms with van der Waals surface area (Å²) < 4.78 is 24.4. The van der Waals surface area contributed by atoms with E-state index in [1.807, 2.05) is 24.0 Å². The summed E-state index contributed by atoms with van der Waals surface area (Å²) in [5, 5.41) is 1.41. The molecule has 0 N–H and O–H groups in total. The van der Waals surface area contributed by atoms with Gasteiger partial charge in [0, 0.05) is 21.0 Å². The van der Waals surface area contributed by atoms with Crippen LogP contribution in [0.2, 0.25) is 10.0 Å². The van der Waals surface area contributed by atoms with Crippen molar-refractivity contribution in [2.45, 2.75) is 24.6 Å². The second-order valence-electron chi connectivity index (χ2n) is 7.16. The number of nitrogens with zero attached hydrogens (tertiary/aromatic N) is 2. The number of amidine groups is 1. The molecule has 152 valence electrons. The summed E-state index contributed by atoms with van der Waals surface area (Å²) in [4.78, 5) is 18.9. The summed E-state index contributed by atoms with van der Waals surface area (Å²) in [5.74, 6) is -0.210. The van der Waals surface area contributed by atoms with E-state index in [4.69, 9.17) is 23.2 Å². The molecule has 0 radical (unpaired) electrons. The molecule has 2 fully saturated rings. The van der Waals surface area contributed by atoms with Crippen molar-refractivity contribution in [3.05, 3.63) is 63.6 Å². The molecule has 9 heteroatoms. The fraction of sp³-hybridized carbons (Fsp3) is 0.300. The topological polar surface area (TPSA) is 66.8 Å². The quantitative estimate of drug-likeness (QED) is 0.676. The number of aliphatic imine (C=N–C) groups is 1. The van der Waals surface area contributed by atoms with Gasteiger partial charge >= 0.3 is 0 Å². The Hall–Kier alpha value is -1.54. The SMILES string of the molecule is Cc1ccc(Cl)cc1N1C(=NC(=O)Cc2ccccc2Cl)S[C@@H]2CS(=O)(=O)C[C@@H]21. The summed E-state index contributed by atoms with van der Waals surface area (Å²) in [6.45, 7) is 1.93. The number of amides is 1. The molecule has 0 bridgehead atoms. The van der Waals surface area contributed by atoms with Crippen LogP contribution in [0.1, 0.15) is 11.1 Å². The first-order valence-electron chi connectivity index (χ1n) is 9.01. The molecule has 2 saturated heterocycles. The number of aryl methyl sites for hydroxylation is 1. The largest absolute Gasteiger partial charge is 0.315 e. The highest BCUT2D eigenvalue weighted by Gasteiger charge is 2.49. The number of carbonyl (C=O) groups is 1. The minimum atomic E-state index is -3.13. The number of thioether (sulfide) groups is 1. The van der Waals surface area contributed by atoms with Crippen LogP contribution in [-0.2, 0) is 21.1 Å². The maximum absolute atomic E-state index is 12.7. The normalized spacial score (nSPS) is 24.1.